The zero-order chi connectivity index (χ0) is 31.3. The fourth-order valence-corrected chi connectivity index (χ4v) is 5.72. The van der Waals surface area contributed by atoms with E-state index in [4.69, 9.17) is 0 Å². The maximum Gasteiger partial charge on any atom is 0.251 e. The van der Waals surface area contributed by atoms with Gasteiger partial charge in [0.1, 0.15) is 0 Å². The average molecular weight is 603 g/mol. The largest absolute Gasteiger partial charge is 0.351 e. The van der Waals surface area contributed by atoms with Crippen LogP contribution < -0.4 is 10.6 Å². The molecular weight excluding hydrogens is 560 g/mol. The van der Waals surface area contributed by atoms with Crippen LogP contribution in [0.5, 0.6) is 0 Å². The Morgan fingerprint density at radius 3 is 2.04 bits per heavy atom. The predicted molar refractivity (Wildman–Crippen MR) is 179 cm³/mol. The second-order valence-electron chi connectivity index (χ2n) is 11.5. The predicted octanol–water partition coefficient (Wildman–Crippen LogP) is 5.57. The molecule has 0 spiro atoms. The summed E-state index contributed by atoms with van der Waals surface area (Å²) < 4.78 is 0. The summed E-state index contributed by atoms with van der Waals surface area (Å²) in [4.78, 5) is 43.1. The summed E-state index contributed by atoms with van der Waals surface area (Å²) in [5.41, 5.74) is 5.29. The van der Waals surface area contributed by atoms with Gasteiger partial charge in [-0.25, -0.2) is 0 Å². The van der Waals surface area contributed by atoms with Crippen molar-refractivity contribution in [3.05, 3.63) is 131 Å². The summed E-state index contributed by atoms with van der Waals surface area (Å²) >= 11 is 0. The first-order chi connectivity index (χ1) is 22.0. The lowest BCUT2D eigenvalue weighted by Crippen LogP contribution is -2.40. The first kappa shape index (κ1) is 31.7. The van der Waals surface area contributed by atoms with Gasteiger partial charge in [-0.2, -0.15) is 0 Å². The lowest BCUT2D eigenvalue weighted by Gasteiger charge is -2.24. The molecule has 5 rings (SSSR count). The monoisotopic (exact) mass is 602 g/mol. The number of benzene rings is 4. The van der Waals surface area contributed by atoms with Crippen LogP contribution >= 0.6 is 0 Å². The quantitative estimate of drug-likeness (QED) is 0.198. The molecule has 0 aromatic heterocycles. The highest BCUT2D eigenvalue weighted by Crippen LogP contribution is 2.23. The van der Waals surface area contributed by atoms with E-state index >= 15 is 0 Å². The molecule has 2 N–H and O–H groups in total. The number of aryl methyl sites for hydroxylation is 1. The molecule has 4 aromatic carbocycles. The lowest BCUT2D eigenvalue weighted by molar-refractivity contribution is -0.130. The molecule has 7 heteroatoms. The van der Waals surface area contributed by atoms with E-state index in [-0.39, 0.29) is 24.3 Å². The third kappa shape index (κ3) is 9.62. The minimum absolute atomic E-state index is 0.0695. The van der Waals surface area contributed by atoms with Crippen LogP contribution in [-0.2, 0) is 17.8 Å². The molecule has 232 valence electrons. The SMILES string of the molecule is O=C(NCCN1CCCC1)c1cccc(-c2cccc(CN(CCCc3ccccc3)C(=O)CNC(=O)c3ccccc3)c2)c1. The van der Waals surface area contributed by atoms with Gasteiger partial charge in [-0.05, 0) is 91.4 Å². The van der Waals surface area contributed by atoms with Crippen molar-refractivity contribution in [2.45, 2.75) is 32.2 Å². The Bertz CT molecular complexity index is 1550. The molecule has 0 bridgehead atoms. The van der Waals surface area contributed by atoms with E-state index < -0.39 is 0 Å². The van der Waals surface area contributed by atoms with Crippen LogP contribution in [0.3, 0.4) is 0 Å². The Hall–Kier alpha value is -4.75. The average Bonchev–Trinajstić information content (AvgIpc) is 3.61. The van der Waals surface area contributed by atoms with Gasteiger partial charge in [-0.1, -0.05) is 78.9 Å². The third-order valence-corrected chi connectivity index (χ3v) is 8.20. The summed E-state index contributed by atoms with van der Waals surface area (Å²) in [5.74, 6) is -0.472. The van der Waals surface area contributed by atoms with Gasteiger partial charge in [-0.15, -0.1) is 0 Å². The maximum absolute atomic E-state index is 13.4. The van der Waals surface area contributed by atoms with Gasteiger partial charge in [-0.3, -0.25) is 14.4 Å². The van der Waals surface area contributed by atoms with Gasteiger partial charge in [0.25, 0.3) is 11.8 Å². The Kier molecular flexibility index (Phi) is 11.5. The number of carbonyl (C=O) groups is 3. The lowest BCUT2D eigenvalue weighted by atomic mass is 10.0. The standard InChI is InChI=1S/C38H42N4O3/c43-36(28-40-37(44)32-16-5-2-6-17-32)42(24-11-15-30-12-3-1-4-13-30)29-31-14-9-18-33(26-31)34-19-10-20-35(27-34)38(45)39-21-25-41-22-7-8-23-41/h1-6,9-10,12-14,16-20,26-27H,7-8,11,15,21-25,28-29H2,(H,39,45)(H,40,44). The first-order valence-corrected chi connectivity index (χ1v) is 15.9. The van der Waals surface area contributed by atoms with Crippen molar-refractivity contribution < 1.29 is 14.4 Å². The van der Waals surface area contributed by atoms with Crippen LogP contribution in [0, 0.1) is 0 Å². The van der Waals surface area contributed by atoms with Crippen LogP contribution in [0.2, 0.25) is 0 Å². The number of nitrogens with one attached hydrogen (secondary N) is 2. The van der Waals surface area contributed by atoms with Crippen LogP contribution in [0.4, 0.5) is 0 Å². The molecule has 0 atom stereocenters. The molecule has 45 heavy (non-hydrogen) atoms. The van der Waals surface area contributed by atoms with Crippen molar-refractivity contribution in [3.63, 3.8) is 0 Å². The Morgan fingerprint density at radius 2 is 1.29 bits per heavy atom. The van der Waals surface area contributed by atoms with Crippen LogP contribution in [0.15, 0.2) is 109 Å². The molecule has 7 nitrogen and oxygen atoms in total. The maximum atomic E-state index is 13.4. The molecule has 3 amide bonds. The van der Waals surface area contributed by atoms with Gasteiger partial charge in [0.15, 0.2) is 0 Å². The van der Waals surface area contributed by atoms with Gasteiger partial charge in [0.2, 0.25) is 5.91 Å². The van der Waals surface area contributed by atoms with E-state index in [0.29, 0.717) is 30.8 Å². The smallest absolute Gasteiger partial charge is 0.251 e. The van der Waals surface area contributed by atoms with E-state index in [2.05, 4.69) is 33.7 Å². The van der Waals surface area contributed by atoms with Gasteiger partial charge in [0.05, 0.1) is 6.54 Å². The third-order valence-electron chi connectivity index (χ3n) is 8.20. The minimum atomic E-state index is -0.268. The van der Waals surface area contributed by atoms with E-state index in [0.717, 1.165) is 49.2 Å². The fourth-order valence-electron chi connectivity index (χ4n) is 5.72. The van der Waals surface area contributed by atoms with Crippen molar-refractivity contribution in [2.75, 3.05) is 39.3 Å². The molecule has 1 saturated heterocycles. The van der Waals surface area contributed by atoms with Crippen LogP contribution in [0.25, 0.3) is 11.1 Å². The number of hydrogen-bond acceptors (Lipinski definition) is 4. The summed E-state index contributed by atoms with van der Waals surface area (Å²) in [7, 11) is 0. The molecule has 4 aromatic rings. The zero-order valence-electron chi connectivity index (χ0n) is 25.8. The molecule has 0 unspecified atom stereocenters. The van der Waals surface area contributed by atoms with E-state index in [1.54, 1.807) is 24.3 Å². The molecular formula is C38H42N4O3. The molecule has 0 saturated carbocycles. The van der Waals surface area contributed by atoms with Crippen molar-refractivity contribution in [1.82, 2.24) is 20.4 Å². The molecule has 1 fully saturated rings. The minimum Gasteiger partial charge on any atom is -0.351 e. The highest BCUT2D eigenvalue weighted by atomic mass is 16.2. The van der Waals surface area contributed by atoms with Crippen molar-refractivity contribution in [1.29, 1.82) is 0 Å². The summed E-state index contributed by atoms with van der Waals surface area (Å²) in [5, 5.41) is 5.85. The number of hydrogen-bond donors (Lipinski definition) is 2. The van der Waals surface area contributed by atoms with Crippen molar-refractivity contribution >= 4 is 17.7 Å². The molecule has 0 aliphatic carbocycles. The summed E-state index contributed by atoms with van der Waals surface area (Å²) in [6.45, 7) is 4.64. The molecule has 1 aliphatic heterocycles. The van der Waals surface area contributed by atoms with Gasteiger partial charge < -0.3 is 20.4 Å². The summed E-state index contributed by atoms with van der Waals surface area (Å²) in [6.07, 6.45) is 4.13. The van der Waals surface area contributed by atoms with Crippen LogP contribution in [-0.4, -0.2) is 66.8 Å². The Morgan fingerprint density at radius 1 is 0.667 bits per heavy atom. The Balaban J connectivity index is 1.24. The Labute approximate surface area is 266 Å². The number of carbonyl (C=O) groups excluding carboxylic acids is 3. The van der Waals surface area contributed by atoms with E-state index in [1.165, 1.54) is 18.4 Å². The van der Waals surface area contributed by atoms with Gasteiger partial charge >= 0.3 is 0 Å². The second-order valence-corrected chi connectivity index (χ2v) is 11.5. The topological polar surface area (TPSA) is 81.8 Å². The fraction of sp³-hybridized carbons (Fsp3) is 0.289. The number of nitrogens with zero attached hydrogens (tertiary/aromatic N) is 2. The zero-order valence-corrected chi connectivity index (χ0v) is 25.8. The van der Waals surface area contributed by atoms with Crippen molar-refractivity contribution in [2.24, 2.45) is 0 Å². The second kappa shape index (κ2) is 16.4. The van der Waals surface area contributed by atoms with E-state index in [9.17, 15) is 14.4 Å². The molecule has 1 heterocycles. The van der Waals surface area contributed by atoms with E-state index in [1.807, 2.05) is 71.6 Å². The number of rotatable bonds is 14. The number of likely N-dealkylation sites (tertiary alicyclic amines) is 1. The van der Waals surface area contributed by atoms with Crippen LogP contribution in [0.1, 0.15) is 51.1 Å². The molecule has 0 radical (unpaired) electrons. The van der Waals surface area contributed by atoms with Gasteiger partial charge in [0, 0.05) is 37.3 Å². The first-order valence-electron chi connectivity index (χ1n) is 15.9. The normalized spacial score (nSPS) is 12.9. The highest BCUT2D eigenvalue weighted by Gasteiger charge is 2.17. The summed E-state index contributed by atoms with van der Waals surface area (Å²) in [6, 6.07) is 34.9. The van der Waals surface area contributed by atoms with Crippen molar-refractivity contribution in [3.8, 4) is 11.1 Å². The molecule has 1 aliphatic rings. The highest BCUT2D eigenvalue weighted by molar-refractivity contribution is 5.96. The number of amides is 3.